The van der Waals surface area contributed by atoms with Crippen molar-refractivity contribution in [1.82, 2.24) is 9.66 Å². The number of rotatable bonds is 5. The third-order valence-electron chi connectivity index (χ3n) is 4.55. The summed E-state index contributed by atoms with van der Waals surface area (Å²) in [7, 11) is -3.47. The van der Waals surface area contributed by atoms with E-state index in [1.54, 1.807) is 60.8 Å². The van der Waals surface area contributed by atoms with Crippen LogP contribution in [0, 0.1) is 6.92 Å². The number of thiophene rings is 1. The molecule has 30 heavy (non-hydrogen) atoms. The zero-order valence-corrected chi connectivity index (χ0v) is 17.5. The molecular formula is C21H17N3O4S2. The predicted octanol–water partition coefficient (Wildman–Crippen LogP) is 3.12. The SMILES string of the molecule is Cc1nc2sccc2c(=O)n1NC(=O)c1ccc(CS(=O)(=O)c2ccccc2)cc1. The average molecular weight is 440 g/mol. The molecule has 0 aliphatic rings. The third kappa shape index (κ3) is 3.89. The minimum Gasteiger partial charge on any atom is -0.267 e. The van der Waals surface area contributed by atoms with Gasteiger partial charge in [0.1, 0.15) is 10.7 Å². The number of sulfone groups is 1. The van der Waals surface area contributed by atoms with E-state index in [1.165, 1.54) is 23.5 Å². The van der Waals surface area contributed by atoms with Crippen molar-refractivity contribution in [2.75, 3.05) is 5.43 Å². The van der Waals surface area contributed by atoms with Crippen molar-refractivity contribution in [3.63, 3.8) is 0 Å². The Morgan fingerprint density at radius 1 is 1.07 bits per heavy atom. The van der Waals surface area contributed by atoms with Gasteiger partial charge in [-0.05, 0) is 48.2 Å². The molecule has 1 N–H and O–H groups in total. The van der Waals surface area contributed by atoms with Gasteiger partial charge >= 0.3 is 0 Å². The van der Waals surface area contributed by atoms with Crippen LogP contribution in [0.5, 0.6) is 0 Å². The molecule has 2 heterocycles. The Kier molecular flexibility index (Phi) is 5.23. The first kappa shape index (κ1) is 20.0. The second-order valence-electron chi connectivity index (χ2n) is 6.65. The van der Waals surface area contributed by atoms with E-state index in [4.69, 9.17) is 0 Å². The van der Waals surface area contributed by atoms with Crippen molar-refractivity contribution in [3.05, 3.63) is 93.3 Å². The monoisotopic (exact) mass is 439 g/mol. The van der Waals surface area contributed by atoms with Crippen molar-refractivity contribution in [2.45, 2.75) is 17.6 Å². The van der Waals surface area contributed by atoms with Crippen molar-refractivity contribution in [3.8, 4) is 0 Å². The Hall–Kier alpha value is -3.30. The van der Waals surface area contributed by atoms with Crippen LogP contribution in [0.25, 0.3) is 10.2 Å². The maximum Gasteiger partial charge on any atom is 0.281 e. The quantitative estimate of drug-likeness (QED) is 0.515. The fraction of sp³-hybridized carbons (Fsp3) is 0.0952. The van der Waals surface area contributed by atoms with Gasteiger partial charge in [0, 0.05) is 5.56 Å². The average Bonchev–Trinajstić information content (AvgIpc) is 3.20. The van der Waals surface area contributed by atoms with Crippen LogP contribution in [0.2, 0.25) is 0 Å². The molecule has 0 fully saturated rings. The Morgan fingerprint density at radius 3 is 2.47 bits per heavy atom. The second kappa shape index (κ2) is 7.85. The summed E-state index contributed by atoms with van der Waals surface area (Å²) in [6.07, 6.45) is 0. The largest absolute Gasteiger partial charge is 0.281 e. The lowest BCUT2D eigenvalue weighted by molar-refractivity contribution is 0.101. The summed E-state index contributed by atoms with van der Waals surface area (Å²) >= 11 is 1.36. The molecule has 4 aromatic rings. The zero-order chi connectivity index (χ0) is 21.3. The number of carbonyl (C=O) groups is 1. The number of hydrogen-bond acceptors (Lipinski definition) is 6. The number of carbonyl (C=O) groups excluding carboxylic acids is 1. The van der Waals surface area contributed by atoms with Gasteiger partial charge in [-0.3, -0.25) is 15.0 Å². The third-order valence-corrected chi connectivity index (χ3v) is 7.06. The maximum absolute atomic E-state index is 12.6. The number of hydrogen-bond donors (Lipinski definition) is 1. The fourth-order valence-electron chi connectivity index (χ4n) is 3.00. The molecule has 4 rings (SSSR count). The van der Waals surface area contributed by atoms with Crippen LogP contribution in [0.15, 0.2) is 75.7 Å². The Bertz CT molecular complexity index is 1390. The number of aromatic nitrogens is 2. The highest BCUT2D eigenvalue weighted by Crippen LogP contribution is 2.17. The van der Waals surface area contributed by atoms with Crippen molar-refractivity contribution < 1.29 is 13.2 Å². The first-order valence-electron chi connectivity index (χ1n) is 9.00. The van der Waals surface area contributed by atoms with Gasteiger partial charge in [-0.1, -0.05) is 30.3 Å². The van der Waals surface area contributed by atoms with Gasteiger partial charge in [-0.2, -0.15) is 0 Å². The number of nitrogens with one attached hydrogen (secondary N) is 1. The molecule has 2 aromatic carbocycles. The van der Waals surface area contributed by atoms with Gasteiger partial charge in [-0.15, -0.1) is 11.3 Å². The summed E-state index contributed by atoms with van der Waals surface area (Å²) in [6.45, 7) is 1.64. The molecule has 1 amide bonds. The number of amides is 1. The lowest BCUT2D eigenvalue weighted by Crippen LogP contribution is -2.35. The molecule has 0 bridgehead atoms. The van der Waals surface area contributed by atoms with Gasteiger partial charge in [0.15, 0.2) is 9.84 Å². The molecule has 7 nitrogen and oxygen atoms in total. The highest BCUT2D eigenvalue weighted by molar-refractivity contribution is 7.90. The van der Waals surface area contributed by atoms with E-state index in [1.807, 2.05) is 0 Å². The molecule has 9 heteroatoms. The van der Waals surface area contributed by atoms with E-state index in [-0.39, 0.29) is 16.2 Å². The van der Waals surface area contributed by atoms with E-state index in [9.17, 15) is 18.0 Å². The molecule has 0 atom stereocenters. The Morgan fingerprint density at radius 2 is 1.77 bits per heavy atom. The van der Waals surface area contributed by atoms with Crippen LogP contribution in [0.1, 0.15) is 21.7 Å². The van der Waals surface area contributed by atoms with Gasteiger partial charge in [0.05, 0.1) is 16.0 Å². The number of aryl methyl sites for hydroxylation is 1. The molecule has 0 saturated heterocycles. The summed E-state index contributed by atoms with van der Waals surface area (Å²) in [5.41, 5.74) is 3.07. The zero-order valence-electron chi connectivity index (χ0n) is 15.9. The first-order valence-corrected chi connectivity index (χ1v) is 11.5. The van der Waals surface area contributed by atoms with Crippen LogP contribution < -0.4 is 11.0 Å². The maximum atomic E-state index is 12.6. The first-order chi connectivity index (χ1) is 14.3. The molecular weight excluding hydrogens is 422 g/mol. The van der Waals surface area contributed by atoms with Crippen molar-refractivity contribution in [2.24, 2.45) is 0 Å². The predicted molar refractivity (Wildman–Crippen MR) is 116 cm³/mol. The smallest absolute Gasteiger partial charge is 0.267 e. The lowest BCUT2D eigenvalue weighted by Gasteiger charge is -2.11. The van der Waals surface area contributed by atoms with Crippen molar-refractivity contribution in [1.29, 1.82) is 0 Å². The molecule has 0 aliphatic carbocycles. The molecule has 152 valence electrons. The molecule has 0 unspecified atom stereocenters. The Balaban J connectivity index is 1.53. The molecule has 0 saturated carbocycles. The summed E-state index contributed by atoms with van der Waals surface area (Å²) in [4.78, 5) is 30.4. The van der Waals surface area contributed by atoms with E-state index in [0.29, 0.717) is 27.2 Å². The van der Waals surface area contributed by atoms with Crippen LogP contribution in [-0.4, -0.2) is 24.0 Å². The summed E-state index contributed by atoms with van der Waals surface area (Å²) in [6, 6.07) is 16.1. The highest BCUT2D eigenvalue weighted by Gasteiger charge is 2.16. The normalized spacial score (nSPS) is 11.5. The van der Waals surface area contributed by atoms with Gasteiger partial charge in [-0.25, -0.2) is 18.1 Å². The lowest BCUT2D eigenvalue weighted by atomic mass is 10.1. The van der Waals surface area contributed by atoms with Gasteiger partial charge in [0.25, 0.3) is 11.5 Å². The van der Waals surface area contributed by atoms with E-state index in [0.717, 1.165) is 4.68 Å². The highest BCUT2D eigenvalue weighted by atomic mass is 32.2. The van der Waals surface area contributed by atoms with Crippen LogP contribution in [0.4, 0.5) is 0 Å². The summed E-state index contributed by atoms with van der Waals surface area (Å²) < 4.78 is 26.1. The van der Waals surface area contributed by atoms with Crippen LogP contribution >= 0.6 is 11.3 Å². The standard InChI is InChI=1S/C21H17N3O4S2/c1-14-22-20-18(11-12-29-20)21(26)24(14)23-19(25)16-9-7-15(8-10-16)13-30(27,28)17-5-3-2-4-6-17/h2-12H,13H2,1H3,(H,23,25). The topological polar surface area (TPSA) is 98.1 Å². The van der Waals surface area contributed by atoms with E-state index < -0.39 is 15.7 Å². The van der Waals surface area contributed by atoms with E-state index in [2.05, 4.69) is 10.4 Å². The van der Waals surface area contributed by atoms with Crippen LogP contribution in [0.3, 0.4) is 0 Å². The molecule has 0 aliphatic heterocycles. The van der Waals surface area contributed by atoms with Crippen LogP contribution in [-0.2, 0) is 15.6 Å². The minimum atomic E-state index is -3.47. The number of benzene rings is 2. The van der Waals surface area contributed by atoms with Gasteiger partial charge in [0.2, 0.25) is 0 Å². The van der Waals surface area contributed by atoms with E-state index >= 15 is 0 Å². The Labute approximate surface area is 176 Å². The van der Waals surface area contributed by atoms with Crippen molar-refractivity contribution >= 4 is 37.3 Å². The minimum absolute atomic E-state index is 0.170. The summed E-state index contributed by atoms with van der Waals surface area (Å²) in [5, 5.41) is 2.21. The fourth-order valence-corrected chi connectivity index (χ4v) is 5.17. The van der Waals surface area contributed by atoms with Gasteiger partial charge < -0.3 is 0 Å². The summed E-state index contributed by atoms with van der Waals surface area (Å²) in [5.74, 6) is -0.293. The number of nitrogens with zero attached hydrogens (tertiary/aromatic N) is 2. The molecule has 0 spiro atoms. The molecule has 0 radical (unpaired) electrons. The number of fused-ring (bicyclic) bond motifs is 1. The molecule has 2 aromatic heterocycles. The second-order valence-corrected chi connectivity index (χ2v) is 9.53.